The molecule has 1 fully saturated rings. The molecule has 31 heavy (non-hydrogen) atoms. The molecule has 0 radical (unpaired) electrons. The van der Waals surface area contributed by atoms with Gasteiger partial charge >= 0.3 is 0 Å². The van der Waals surface area contributed by atoms with Gasteiger partial charge in [0, 0.05) is 35.2 Å². The van der Waals surface area contributed by atoms with E-state index in [1.165, 1.54) is 18.6 Å². The molecule has 158 valence electrons. The van der Waals surface area contributed by atoms with E-state index in [0.717, 1.165) is 41.3 Å². The van der Waals surface area contributed by atoms with Crippen molar-refractivity contribution in [2.24, 2.45) is 5.92 Å². The van der Waals surface area contributed by atoms with Crippen LogP contribution in [0, 0.1) is 23.1 Å². The first-order valence-electron chi connectivity index (χ1n) is 10.8. The molecule has 0 spiro atoms. The van der Waals surface area contributed by atoms with Crippen molar-refractivity contribution in [1.82, 2.24) is 9.88 Å². The van der Waals surface area contributed by atoms with Gasteiger partial charge in [0.1, 0.15) is 17.5 Å². The summed E-state index contributed by atoms with van der Waals surface area (Å²) >= 11 is 0. The molecule has 1 amide bonds. The van der Waals surface area contributed by atoms with Gasteiger partial charge in [-0.15, -0.1) is 0 Å². The second-order valence-corrected chi connectivity index (χ2v) is 8.37. The number of para-hydroxylation sites is 1. The van der Waals surface area contributed by atoms with Crippen LogP contribution in [0.1, 0.15) is 43.7 Å². The highest BCUT2D eigenvalue weighted by molar-refractivity contribution is 6.04. The molecule has 4 rings (SSSR count). The third kappa shape index (κ3) is 4.69. The smallest absolute Gasteiger partial charge is 0.262 e. The molecule has 2 atom stereocenters. The third-order valence-corrected chi connectivity index (χ3v) is 6.18. The Labute approximate surface area is 182 Å². The largest absolute Gasteiger partial charge is 0.348 e. The minimum atomic E-state index is -0.309. The van der Waals surface area contributed by atoms with E-state index in [0.29, 0.717) is 12.5 Å². The van der Waals surface area contributed by atoms with Gasteiger partial charge < -0.3 is 9.88 Å². The molecule has 0 bridgehead atoms. The van der Waals surface area contributed by atoms with Crippen LogP contribution in [0.5, 0.6) is 0 Å². The first-order chi connectivity index (χ1) is 15.0. The molecule has 1 aromatic heterocycles. The van der Waals surface area contributed by atoms with Crippen LogP contribution in [0.25, 0.3) is 17.0 Å². The maximum absolute atomic E-state index is 13.2. The van der Waals surface area contributed by atoms with E-state index in [-0.39, 0.29) is 23.3 Å². The van der Waals surface area contributed by atoms with E-state index in [4.69, 9.17) is 0 Å². The summed E-state index contributed by atoms with van der Waals surface area (Å²) in [5.74, 6) is -0.145. The topological polar surface area (TPSA) is 57.8 Å². The molecule has 0 unspecified atom stereocenters. The number of halogens is 1. The lowest BCUT2D eigenvalue weighted by Crippen LogP contribution is -2.41. The lowest BCUT2D eigenvalue weighted by Gasteiger charge is -2.29. The maximum atomic E-state index is 13.2. The van der Waals surface area contributed by atoms with Gasteiger partial charge in [0.2, 0.25) is 0 Å². The summed E-state index contributed by atoms with van der Waals surface area (Å²) in [4.78, 5) is 12.8. The van der Waals surface area contributed by atoms with Crippen LogP contribution in [0.15, 0.2) is 60.3 Å². The summed E-state index contributed by atoms with van der Waals surface area (Å²) in [6.45, 7) is 2.73. The number of hydrogen-bond acceptors (Lipinski definition) is 2. The number of carbonyl (C=O) groups is 1. The lowest BCUT2D eigenvalue weighted by molar-refractivity contribution is -0.118. The SMILES string of the molecule is C[C@@H]1CCCC[C@H]1NC(=O)/C(C#N)=C/c1cn(Cc2ccc(F)cc2)c2ccccc12. The van der Waals surface area contributed by atoms with Crippen molar-refractivity contribution in [3.63, 3.8) is 0 Å². The predicted octanol–water partition coefficient (Wildman–Crippen LogP) is 5.43. The molecule has 3 aromatic rings. The van der Waals surface area contributed by atoms with Crippen LogP contribution < -0.4 is 5.32 Å². The quantitative estimate of drug-likeness (QED) is 0.446. The van der Waals surface area contributed by atoms with Crippen LogP contribution in [0.2, 0.25) is 0 Å². The fourth-order valence-corrected chi connectivity index (χ4v) is 4.39. The van der Waals surface area contributed by atoms with Gasteiger partial charge in [0.15, 0.2) is 0 Å². The number of nitrogens with zero attached hydrogens (tertiary/aromatic N) is 2. The Balaban J connectivity index is 1.63. The van der Waals surface area contributed by atoms with E-state index < -0.39 is 0 Å². The Morgan fingerprint density at radius 2 is 1.94 bits per heavy atom. The molecule has 1 aliphatic rings. The first-order valence-corrected chi connectivity index (χ1v) is 10.8. The molecule has 1 aliphatic carbocycles. The Hall–Kier alpha value is -3.39. The zero-order valence-electron chi connectivity index (χ0n) is 17.6. The minimum absolute atomic E-state index is 0.113. The number of nitriles is 1. The van der Waals surface area contributed by atoms with Crippen molar-refractivity contribution >= 4 is 22.9 Å². The first kappa shape index (κ1) is 20.9. The summed E-state index contributed by atoms with van der Waals surface area (Å²) in [6.07, 6.45) is 7.99. The van der Waals surface area contributed by atoms with E-state index in [2.05, 4.69) is 22.9 Å². The Morgan fingerprint density at radius 3 is 2.68 bits per heavy atom. The van der Waals surface area contributed by atoms with Gasteiger partial charge in [-0.05, 0) is 48.6 Å². The number of rotatable bonds is 5. The van der Waals surface area contributed by atoms with Gasteiger partial charge in [0.05, 0.1) is 0 Å². The molecular weight excluding hydrogens is 389 g/mol. The Morgan fingerprint density at radius 1 is 1.19 bits per heavy atom. The summed E-state index contributed by atoms with van der Waals surface area (Å²) in [5, 5.41) is 13.7. The molecule has 1 N–H and O–H groups in total. The number of fused-ring (bicyclic) bond motifs is 1. The van der Waals surface area contributed by atoms with E-state index >= 15 is 0 Å². The zero-order chi connectivity index (χ0) is 21.8. The molecule has 2 aromatic carbocycles. The van der Waals surface area contributed by atoms with Crippen molar-refractivity contribution in [1.29, 1.82) is 5.26 Å². The van der Waals surface area contributed by atoms with E-state index in [9.17, 15) is 14.4 Å². The highest BCUT2D eigenvalue weighted by atomic mass is 19.1. The third-order valence-electron chi connectivity index (χ3n) is 6.18. The van der Waals surface area contributed by atoms with Crippen LogP contribution in [0.4, 0.5) is 4.39 Å². The van der Waals surface area contributed by atoms with Gasteiger partial charge in [-0.2, -0.15) is 5.26 Å². The van der Waals surface area contributed by atoms with Crippen LogP contribution in [-0.2, 0) is 11.3 Å². The number of hydrogen-bond donors (Lipinski definition) is 1. The van der Waals surface area contributed by atoms with Gasteiger partial charge in [-0.3, -0.25) is 4.79 Å². The summed E-state index contributed by atoms with van der Waals surface area (Å²) < 4.78 is 15.3. The van der Waals surface area contributed by atoms with Crippen LogP contribution in [-0.4, -0.2) is 16.5 Å². The Kier molecular flexibility index (Phi) is 6.18. The van der Waals surface area contributed by atoms with Crippen molar-refractivity contribution in [2.45, 2.75) is 45.2 Å². The van der Waals surface area contributed by atoms with Crippen molar-refractivity contribution < 1.29 is 9.18 Å². The van der Waals surface area contributed by atoms with E-state index in [1.54, 1.807) is 18.2 Å². The molecule has 1 heterocycles. The van der Waals surface area contributed by atoms with Gasteiger partial charge in [-0.1, -0.05) is 50.1 Å². The molecule has 5 heteroatoms. The number of amides is 1. The second-order valence-electron chi connectivity index (χ2n) is 8.37. The monoisotopic (exact) mass is 415 g/mol. The highest BCUT2D eigenvalue weighted by Gasteiger charge is 2.24. The van der Waals surface area contributed by atoms with Crippen LogP contribution >= 0.6 is 0 Å². The molecule has 0 aliphatic heterocycles. The number of nitrogens with one attached hydrogen (secondary N) is 1. The number of benzene rings is 2. The summed E-state index contributed by atoms with van der Waals surface area (Å²) in [7, 11) is 0. The van der Waals surface area contributed by atoms with Crippen molar-refractivity contribution in [2.75, 3.05) is 0 Å². The fourth-order valence-electron chi connectivity index (χ4n) is 4.39. The molecule has 1 saturated carbocycles. The fraction of sp³-hybridized carbons (Fsp3) is 0.308. The van der Waals surface area contributed by atoms with Crippen molar-refractivity contribution in [3.8, 4) is 6.07 Å². The average Bonchev–Trinajstić information content (AvgIpc) is 3.12. The minimum Gasteiger partial charge on any atom is -0.348 e. The maximum Gasteiger partial charge on any atom is 0.262 e. The lowest BCUT2D eigenvalue weighted by atomic mass is 9.86. The highest BCUT2D eigenvalue weighted by Crippen LogP contribution is 2.26. The summed E-state index contributed by atoms with van der Waals surface area (Å²) in [5.41, 5.74) is 2.91. The average molecular weight is 416 g/mol. The Bertz CT molecular complexity index is 1150. The van der Waals surface area contributed by atoms with Crippen molar-refractivity contribution in [3.05, 3.63) is 77.2 Å². The number of aromatic nitrogens is 1. The van der Waals surface area contributed by atoms with E-state index in [1.807, 2.05) is 30.5 Å². The molecule has 0 saturated heterocycles. The standard InChI is InChI=1S/C26H26FN3O/c1-18-6-2-4-8-24(18)29-26(31)20(15-28)14-21-17-30(25-9-5-3-7-23(21)25)16-19-10-12-22(27)13-11-19/h3,5,7,9-14,17-18,24H,2,4,6,8,16H2,1H3,(H,29,31)/b20-14+/t18-,24-/m1/s1. The predicted molar refractivity (Wildman–Crippen MR) is 121 cm³/mol. The van der Waals surface area contributed by atoms with Gasteiger partial charge in [0.25, 0.3) is 5.91 Å². The second kappa shape index (κ2) is 9.18. The normalized spacial score (nSPS) is 19.2. The number of carbonyl (C=O) groups excluding carboxylic acids is 1. The molecular formula is C26H26FN3O. The zero-order valence-corrected chi connectivity index (χ0v) is 17.6. The van der Waals surface area contributed by atoms with Gasteiger partial charge in [-0.25, -0.2) is 4.39 Å². The van der Waals surface area contributed by atoms with Crippen LogP contribution in [0.3, 0.4) is 0 Å². The molecule has 4 nitrogen and oxygen atoms in total. The summed E-state index contributed by atoms with van der Waals surface area (Å²) in [6, 6.07) is 16.5.